The van der Waals surface area contributed by atoms with Crippen molar-refractivity contribution >= 4 is 22.7 Å². The molecule has 53 heavy (non-hydrogen) atoms. The highest BCUT2D eigenvalue weighted by Gasteiger charge is 2.33. The van der Waals surface area contributed by atoms with Gasteiger partial charge in [-0.25, -0.2) is 0 Å². The van der Waals surface area contributed by atoms with E-state index >= 15 is 0 Å². The van der Waals surface area contributed by atoms with Crippen molar-refractivity contribution in [2.24, 2.45) is 0 Å². The minimum atomic E-state index is 0.0351. The van der Waals surface area contributed by atoms with Gasteiger partial charge in [0.15, 0.2) is 0 Å². The van der Waals surface area contributed by atoms with Crippen LogP contribution < -0.4 is 14.5 Å². The molecule has 0 radical (unpaired) electrons. The molecule has 5 aromatic carbocycles. The smallest absolute Gasteiger partial charge is 0.129 e. The van der Waals surface area contributed by atoms with Crippen LogP contribution in [0.2, 0.25) is 0 Å². The van der Waals surface area contributed by atoms with Crippen LogP contribution in [0.1, 0.15) is 102 Å². The molecule has 2 aliphatic rings. The van der Waals surface area contributed by atoms with Crippen LogP contribution in [0.4, 0.5) is 22.7 Å². The van der Waals surface area contributed by atoms with E-state index in [1.807, 2.05) is 6.20 Å². The maximum absolute atomic E-state index is 6.71. The van der Waals surface area contributed by atoms with Crippen molar-refractivity contribution in [3.8, 4) is 22.6 Å². The summed E-state index contributed by atoms with van der Waals surface area (Å²) >= 11 is 0. The van der Waals surface area contributed by atoms with Gasteiger partial charge in [0.2, 0.25) is 0 Å². The second kappa shape index (κ2) is 12.7. The standard InChI is InChI=1S/C49H51N3O/c1-47(2,3)32-23-24-50-43(28-32)46-41-18-11-10-17-39(41)40-22-21-38(30-42(40)46)53-37-16-14-15-35(29-37)51-31-52(45-20-13-12-19-44(45)51)36-26-33(48(4,5)6)25-34(27-36)49(7,8)9/h10-30,46H,31H2,1-9H3. The van der Waals surface area contributed by atoms with Crippen molar-refractivity contribution in [1.29, 1.82) is 0 Å². The van der Waals surface area contributed by atoms with Crippen molar-refractivity contribution in [1.82, 2.24) is 4.98 Å². The van der Waals surface area contributed by atoms with Gasteiger partial charge < -0.3 is 14.5 Å². The second-order valence-corrected chi connectivity index (χ2v) is 17.8. The Balaban J connectivity index is 1.12. The van der Waals surface area contributed by atoms with Gasteiger partial charge in [-0.1, -0.05) is 117 Å². The molecule has 0 N–H and O–H groups in total. The van der Waals surface area contributed by atoms with Crippen LogP contribution in [0, 0.1) is 0 Å². The van der Waals surface area contributed by atoms with Gasteiger partial charge in [0.25, 0.3) is 0 Å². The number of anilines is 4. The first kappa shape index (κ1) is 34.7. The quantitative estimate of drug-likeness (QED) is 0.179. The Hall–Kier alpha value is -5.35. The van der Waals surface area contributed by atoms with Crippen LogP contribution >= 0.6 is 0 Å². The predicted octanol–water partition coefficient (Wildman–Crippen LogP) is 13.2. The number of benzene rings is 5. The van der Waals surface area contributed by atoms with Gasteiger partial charge >= 0.3 is 0 Å². The Morgan fingerprint density at radius 1 is 0.509 bits per heavy atom. The lowest BCUT2D eigenvalue weighted by atomic mass is 9.80. The van der Waals surface area contributed by atoms with Crippen LogP contribution in [0.5, 0.6) is 11.5 Å². The Labute approximate surface area is 316 Å². The molecule has 0 saturated carbocycles. The number of ether oxygens (including phenoxy) is 1. The minimum absolute atomic E-state index is 0.0351. The van der Waals surface area contributed by atoms with E-state index < -0.39 is 0 Å². The molecule has 1 atom stereocenters. The number of nitrogens with zero attached hydrogens (tertiary/aromatic N) is 3. The average Bonchev–Trinajstić information content (AvgIpc) is 3.67. The Kier molecular flexibility index (Phi) is 8.29. The van der Waals surface area contributed by atoms with E-state index in [0.29, 0.717) is 6.67 Å². The summed E-state index contributed by atoms with van der Waals surface area (Å²) in [6.45, 7) is 21.3. The molecular formula is C49H51N3O. The van der Waals surface area contributed by atoms with E-state index in [2.05, 4.69) is 193 Å². The molecule has 0 bridgehead atoms. The third-order valence-corrected chi connectivity index (χ3v) is 10.9. The molecule has 8 rings (SSSR count). The number of pyridine rings is 1. The summed E-state index contributed by atoms with van der Waals surface area (Å²) in [6, 6.07) is 44.1. The first-order valence-electron chi connectivity index (χ1n) is 18.9. The van der Waals surface area contributed by atoms with E-state index in [1.54, 1.807) is 0 Å². The van der Waals surface area contributed by atoms with Crippen LogP contribution in [0.25, 0.3) is 11.1 Å². The van der Waals surface area contributed by atoms with Gasteiger partial charge in [-0.2, -0.15) is 0 Å². The maximum atomic E-state index is 6.71. The maximum Gasteiger partial charge on any atom is 0.129 e. The van der Waals surface area contributed by atoms with E-state index in [0.717, 1.165) is 22.9 Å². The van der Waals surface area contributed by atoms with E-state index in [9.17, 15) is 0 Å². The van der Waals surface area contributed by atoms with Gasteiger partial charge in [0, 0.05) is 23.6 Å². The van der Waals surface area contributed by atoms with Crippen molar-refractivity contribution in [2.75, 3.05) is 16.5 Å². The lowest BCUT2D eigenvalue weighted by Crippen LogP contribution is -2.25. The van der Waals surface area contributed by atoms with Gasteiger partial charge in [0.05, 0.1) is 23.0 Å². The molecule has 1 aromatic heterocycles. The van der Waals surface area contributed by atoms with Crippen molar-refractivity contribution < 1.29 is 4.74 Å². The summed E-state index contributed by atoms with van der Waals surface area (Å²) in [5.74, 6) is 1.67. The fraction of sp³-hybridized carbons (Fsp3) is 0.286. The zero-order valence-corrected chi connectivity index (χ0v) is 32.7. The van der Waals surface area contributed by atoms with Crippen molar-refractivity contribution in [2.45, 2.75) is 84.5 Å². The second-order valence-electron chi connectivity index (χ2n) is 17.8. The highest BCUT2D eigenvalue weighted by atomic mass is 16.5. The largest absolute Gasteiger partial charge is 0.457 e. The molecule has 2 heterocycles. The molecule has 6 aromatic rings. The summed E-state index contributed by atoms with van der Waals surface area (Å²) < 4.78 is 6.71. The molecule has 0 fully saturated rings. The Morgan fingerprint density at radius 2 is 1.11 bits per heavy atom. The summed E-state index contributed by atoms with van der Waals surface area (Å²) in [7, 11) is 0. The molecule has 1 aliphatic carbocycles. The summed E-state index contributed by atoms with van der Waals surface area (Å²) in [5, 5.41) is 0. The SMILES string of the molecule is CC(C)(C)c1cc(N2CN(c3cccc(Oc4ccc5c(c4)C(c4cc(C(C)(C)C)ccn4)c4ccccc4-5)c3)c3ccccc32)cc(C(C)(C)C)c1. The van der Waals surface area contributed by atoms with Gasteiger partial charge in [-0.15, -0.1) is 0 Å². The highest BCUT2D eigenvalue weighted by molar-refractivity contribution is 5.87. The van der Waals surface area contributed by atoms with E-state index in [4.69, 9.17) is 9.72 Å². The molecule has 1 unspecified atom stereocenters. The molecular weight excluding hydrogens is 647 g/mol. The molecule has 0 amide bonds. The number of hydrogen-bond acceptors (Lipinski definition) is 4. The molecule has 0 saturated heterocycles. The number of fused-ring (bicyclic) bond motifs is 4. The van der Waals surface area contributed by atoms with Gasteiger partial charge in [0.1, 0.15) is 18.2 Å². The van der Waals surface area contributed by atoms with Crippen LogP contribution in [-0.4, -0.2) is 11.7 Å². The van der Waals surface area contributed by atoms with E-state index in [-0.39, 0.29) is 22.2 Å². The number of para-hydroxylation sites is 2. The fourth-order valence-electron chi connectivity index (χ4n) is 7.78. The molecule has 1 aliphatic heterocycles. The zero-order chi connectivity index (χ0) is 37.3. The number of aromatic nitrogens is 1. The van der Waals surface area contributed by atoms with Crippen molar-refractivity contribution in [3.05, 3.63) is 161 Å². The zero-order valence-electron chi connectivity index (χ0n) is 32.7. The first-order chi connectivity index (χ1) is 25.1. The molecule has 4 heteroatoms. The van der Waals surface area contributed by atoms with Crippen LogP contribution in [-0.2, 0) is 16.2 Å². The number of rotatable bonds is 5. The summed E-state index contributed by atoms with van der Waals surface area (Å²) in [6.07, 6.45) is 1.96. The predicted molar refractivity (Wildman–Crippen MR) is 222 cm³/mol. The normalized spacial score (nSPS) is 15.3. The van der Waals surface area contributed by atoms with Crippen LogP contribution in [0.3, 0.4) is 0 Å². The molecule has 4 nitrogen and oxygen atoms in total. The monoisotopic (exact) mass is 697 g/mol. The minimum Gasteiger partial charge on any atom is -0.457 e. The molecule has 0 spiro atoms. The first-order valence-corrected chi connectivity index (χ1v) is 18.9. The fourth-order valence-corrected chi connectivity index (χ4v) is 7.78. The summed E-state index contributed by atoms with van der Waals surface area (Å²) in [5.41, 5.74) is 14.9. The third kappa shape index (κ3) is 6.50. The van der Waals surface area contributed by atoms with E-state index in [1.165, 1.54) is 56.0 Å². The Bertz CT molecular complexity index is 2300. The lowest BCUT2D eigenvalue weighted by molar-refractivity contribution is 0.482. The third-order valence-electron chi connectivity index (χ3n) is 10.9. The van der Waals surface area contributed by atoms with Crippen LogP contribution in [0.15, 0.2) is 128 Å². The summed E-state index contributed by atoms with van der Waals surface area (Å²) in [4.78, 5) is 9.78. The van der Waals surface area contributed by atoms with Gasteiger partial charge in [-0.05, 0) is 116 Å². The lowest BCUT2D eigenvalue weighted by Gasteiger charge is -2.29. The highest BCUT2D eigenvalue weighted by Crippen LogP contribution is 2.50. The average molecular weight is 698 g/mol. The van der Waals surface area contributed by atoms with Gasteiger partial charge in [-0.3, -0.25) is 4.98 Å². The van der Waals surface area contributed by atoms with Crippen molar-refractivity contribution in [3.63, 3.8) is 0 Å². The topological polar surface area (TPSA) is 28.6 Å². The number of hydrogen-bond donors (Lipinski definition) is 0. The molecule has 268 valence electrons. The Morgan fingerprint density at radius 3 is 1.79 bits per heavy atom.